The predicted octanol–water partition coefficient (Wildman–Crippen LogP) is 2.47. The van der Waals surface area contributed by atoms with Gasteiger partial charge in [0.1, 0.15) is 0 Å². The van der Waals surface area contributed by atoms with Crippen LogP contribution < -0.4 is 5.32 Å². The van der Waals surface area contributed by atoms with E-state index in [1.165, 1.54) is 17.5 Å². The Kier molecular flexibility index (Phi) is 4.41. The van der Waals surface area contributed by atoms with E-state index in [9.17, 15) is 0 Å². The maximum atomic E-state index is 4.15. The fraction of sp³-hybridized carbons (Fsp3) is 0.353. The highest BCUT2D eigenvalue weighted by Crippen LogP contribution is 2.28. The van der Waals surface area contributed by atoms with Crippen LogP contribution in [0.5, 0.6) is 0 Å². The van der Waals surface area contributed by atoms with Gasteiger partial charge in [0.05, 0.1) is 6.04 Å². The maximum absolute atomic E-state index is 4.15. The molecule has 0 spiro atoms. The molecule has 1 aliphatic rings. The molecule has 2 aromatic rings. The molecule has 1 aromatic heterocycles. The lowest BCUT2D eigenvalue weighted by atomic mass is 9.98. The van der Waals surface area contributed by atoms with Gasteiger partial charge in [-0.3, -0.25) is 9.88 Å². The Hall–Kier alpha value is -1.71. The van der Waals surface area contributed by atoms with Crippen molar-refractivity contribution < 1.29 is 0 Å². The van der Waals surface area contributed by atoms with Gasteiger partial charge in [0.2, 0.25) is 0 Å². The number of nitrogens with zero attached hydrogens (tertiary/aromatic N) is 2. The highest BCUT2D eigenvalue weighted by molar-refractivity contribution is 5.30. The average Bonchev–Trinajstić information content (AvgIpc) is 2.79. The van der Waals surface area contributed by atoms with E-state index in [0.29, 0.717) is 6.04 Å². The largest absolute Gasteiger partial charge is 0.315 e. The van der Waals surface area contributed by atoms with Gasteiger partial charge < -0.3 is 5.32 Å². The number of aromatic nitrogens is 1. The third-order valence-electron chi connectivity index (χ3n) is 3.88. The molecule has 0 aliphatic carbocycles. The smallest absolute Gasteiger partial charge is 0.0603 e. The molecule has 0 bridgehead atoms. The molecule has 1 fully saturated rings. The number of hydrogen-bond donors (Lipinski definition) is 1. The number of pyridine rings is 1. The van der Waals surface area contributed by atoms with E-state index in [4.69, 9.17) is 0 Å². The van der Waals surface area contributed by atoms with Gasteiger partial charge >= 0.3 is 0 Å². The first-order valence-electron chi connectivity index (χ1n) is 7.35. The molecule has 3 nitrogen and oxygen atoms in total. The Morgan fingerprint density at radius 1 is 0.900 bits per heavy atom. The minimum Gasteiger partial charge on any atom is -0.315 e. The second kappa shape index (κ2) is 6.64. The number of benzene rings is 1. The predicted molar refractivity (Wildman–Crippen MR) is 81.6 cm³/mol. The van der Waals surface area contributed by atoms with E-state index in [1.807, 2.05) is 12.4 Å². The molecule has 0 radical (unpaired) electrons. The van der Waals surface area contributed by atoms with Crippen molar-refractivity contribution in [1.82, 2.24) is 15.2 Å². The zero-order chi connectivity index (χ0) is 13.6. The van der Waals surface area contributed by atoms with Crippen molar-refractivity contribution in [2.24, 2.45) is 0 Å². The molecule has 0 saturated carbocycles. The minimum atomic E-state index is 0.332. The van der Waals surface area contributed by atoms with Crippen LogP contribution in [0.4, 0.5) is 0 Å². The van der Waals surface area contributed by atoms with Crippen molar-refractivity contribution in [3.63, 3.8) is 0 Å². The number of rotatable bonds is 3. The fourth-order valence-corrected chi connectivity index (χ4v) is 2.92. The lowest BCUT2D eigenvalue weighted by molar-refractivity contribution is 0.241. The first-order chi connectivity index (χ1) is 9.95. The summed E-state index contributed by atoms with van der Waals surface area (Å²) in [4.78, 5) is 6.73. The van der Waals surface area contributed by atoms with Crippen LogP contribution in [0, 0.1) is 0 Å². The normalized spacial score (nSPS) is 18.4. The van der Waals surface area contributed by atoms with Crippen molar-refractivity contribution >= 4 is 0 Å². The SMILES string of the molecule is c1ccc(C(c2ccncc2)N2CCCNCC2)cc1. The molecule has 1 aliphatic heterocycles. The topological polar surface area (TPSA) is 28.2 Å². The molecule has 3 heteroatoms. The van der Waals surface area contributed by atoms with E-state index >= 15 is 0 Å². The van der Waals surface area contributed by atoms with Crippen LogP contribution in [-0.4, -0.2) is 36.1 Å². The highest BCUT2D eigenvalue weighted by Gasteiger charge is 2.22. The van der Waals surface area contributed by atoms with Gasteiger partial charge in [0.25, 0.3) is 0 Å². The van der Waals surface area contributed by atoms with Crippen LogP contribution in [0.25, 0.3) is 0 Å². The minimum absolute atomic E-state index is 0.332. The molecule has 1 aromatic carbocycles. The van der Waals surface area contributed by atoms with E-state index in [2.05, 4.69) is 57.7 Å². The molecule has 104 valence electrons. The van der Waals surface area contributed by atoms with Crippen molar-refractivity contribution in [2.45, 2.75) is 12.5 Å². The van der Waals surface area contributed by atoms with Gasteiger partial charge in [0.15, 0.2) is 0 Å². The Labute approximate surface area is 120 Å². The third kappa shape index (κ3) is 3.06. The summed E-state index contributed by atoms with van der Waals surface area (Å²) in [5.41, 5.74) is 2.69. The quantitative estimate of drug-likeness (QED) is 0.926. The highest BCUT2D eigenvalue weighted by atomic mass is 15.2. The van der Waals surface area contributed by atoms with Crippen molar-refractivity contribution in [2.75, 3.05) is 26.2 Å². The lowest BCUT2D eigenvalue weighted by Gasteiger charge is -2.31. The molecule has 20 heavy (non-hydrogen) atoms. The van der Waals surface area contributed by atoms with Gasteiger partial charge in [0, 0.05) is 32.0 Å². The molecule has 1 unspecified atom stereocenters. The van der Waals surface area contributed by atoms with Gasteiger partial charge in [-0.05, 0) is 36.2 Å². The summed E-state index contributed by atoms with van der Waals surface area (Å²) < 4.78 is 0. The van der Waals surface area contributed by atoms with E-state index in [-0.39, 0.29) is 0 Å². The number of nitrogens with one attached hydrogen (secondary N) is 1. The Bertz CT molecular complexity index is 465. The van der Waals surface area contributed by atoms with Gasteiger partial charge in [-0.2, -0.15) is 0 Å². The van der Waals surface area contributed by atoms with Gasteiger partial charge in [-0.15, -0.1) is 0 Å². The molecule has 1 N–H and O–H groups in total. The van der Waals surface area contributed by atoms with Crippen LogP contribution >= 0.6 is 0 Å². The Morgan fingerprint density at radius 3 is 2.45 bits per heavy atom. The summed E-state index contributed by atoms with van der Waals surface area (Å²) in [5, 5.41) is 3.48. The van der Waals surface area contributed by atoms with Crippen molar-refractivity contribution in [3.05, 3.63) is 66.0 Å². The van der Waals surface area contributed by atoms with E-state index < -0.39 is 0 Å². The standard InChI is InChI=1S/C17H21N3/c1-2-5-15(6-3-1)17(16-7-10-19-11-8-16)20-13-4-9-18-12-14-20/h1-3,5-8,10-11,17-18H,4,9,12-14H2. The summed E-state index contributed by atoms with van der Waals surface area (Å²) in [7, 11) is 0. The van der Waals surface area contributed by atoms with Crippen molar-refractivity contribution in [1.29, 1.82) is 0 Å². The van der Waals surface area contributed by atoms with Gasteiger partial charge in [-0.25, -0.2) is 0 Å². The Morgan fingerprint density at radius 2 is 1.65 bits per heavy atom. The first-order valence-corrected chi connectivity index (χ1v) is 7.35. The molecule has 2 heterocycles. The van der Waals surface area contributed by atoms with Gasteiger partial charge in [-0.1, -0.05) is 30.3 Å². The van der Waals surface area contributed by atoms with Crippen LogP contribution in [0.15, 0.2) is 54.9 Å². The summed E-state index contributed by atoms with van der Waals surface area (Å²) in [5.74, 6) is 0. The monoisotopic (exact) mass is 267 g/mol. The molecule has 0 amide bonds. The molecular formula is C17H21N3. The fourth-order valence-electron chi connectivity index (χ4n) is 2.92. The summed E-state index contributed by atoms with van der Waals surface area (Å²) in [6.45, 7) is 4.40. The second-order valence-corrected chi connectivity index (χ2v) is 5.23. The summed E-state index contributed by atoms with van der Waals surface area (Å²) in [6, 6.07) is 15.4. The first kappa shape index (κ1) is 13.3. The van der Waals surface area contributed by atoms with E-state index in [1.54, 1.807) is 0 Å². The number of hydrogen-bond acceptors (Lipinski definition) is 3. The van der Waals surface area contributed by atoms with Crippen LogP contribution in [0.3, 0.4) is 0 Å². The summed E-state index contributed by atoms with van der Waals surface area (Å²) in [6.07, 6.45) is 4.98. The van der Waals surface area contributed by atoms with Crippen LogP contribution in [-0.2, 0) is 0 Å². The maximum Gasteiger partial charge on any atom is 0.0603 e. The lowest BCUT2D eigenvalue weighted by Crippen LogP contribution is -2.33. The molecule has 1 atom stereocenters. The van der Waals surface area contributed by atoms with E-state index in [0.717, 1.165) is 26.2 Å². The molecule has 1 saturated heterocycles. The van der Waals surface area contributed by atoms with Crippen LogP contribution in [0.1, 0.15) is 23.6 Å². The third-order valence-corrected chi connectivity index (χ3v) is 3.88. The zero-order valence-electron chi connectivity index (χ0n) is 11.7. The zero-order valence-corrected chi connectivity index (χ0v) is 11.7. The molecule has 3 rings (SSSR count). The Balaban J connectivity index is 1.95. The average molecular weight is 267 g/mol. The van der Waals surface area contributed by atoms with Crippen molar-refractivity contribution in [3.8, 4) is 0 Å². The van der Waals surface area contributed by atoms with Crippen LogP contribution in [0.2, 0.25) is 0 Å². The molecular weight excluding hydrogens is 246 g/mol. The summed E-state index contributed by atoms with van der Waals surface area (Å²) >= 11 is 0. The second-order valence-electron chi connectivity index (χ2n) is 5.23.